The lowest BCUT2D eigenvalue weighted by molar-refractivity contribution is 0.101. The van der Waals surface area contributed by atoms with E-state index < -0.39 is 38.8 Å². The van der Waals surface area contributed by atoms with E-state index in [1.54, 1.807) is 13.0 Å². The maximum atomic E-state index is 14.7. The number of carbonyl (C=O) groups excluding carboxylic acids is 1. The second-order valence-corrected chi connectivity index (χ2v) is 8.42. The maximum absolute atomic E-state index is 14.7. The average molecular weight is 446 g/mol. The fraction of sp³-hybridized carbons (Fsp3) is 0.143. The Balaban J connectivity index is 1.76. The summed E-state index contributed by atoms with van der Waals surface area (Å²) in [5.74, 6) is -3.22. The van der Waals surface area contributed by atoms with Gasteiger partial charge in [0.05, 0.1) is 23.3 Å². The number of amides is 1. The molecule has 0 radical (unpaired) electrons. The summed E-state index contributed by atoms with van der Waals surface area (Å²) in [5, 5.41) is 5.42. The largest absolute Gasteiger partial charge is 0.340 e. The van der Waals surface area contributed by atoms with Crippen LogP contribution in [0.2, 0.25) is 0 Å². The number of hydrogen-bond acceptors (Lipinski definition) is 5. The quantitative estimate of drug-likeness (QED) is 0.473. The highest BCUT2D eigenvalue weighted by atomic mass is 32.2. The SMILES string of the molecule is CCCS(=O)(=O)Nc1ccc(F)c(C(=O)Nc2ccc(Nc3ccccc3)nc2)c1F. The van der Waals surface area contributed by atoms with E-state index >= 15 is 0 Å². The van der Waals surface area contributed by atoms with Crippen molar-refractivity contribution in [2.45, 2.75) is 13.3 Å². The van der Waals surface area contributed by atoms with Crippen LogP contribution in [0.1, 0.15) is 23.7 Å². The van der Waals surface area contributed by atoms with Crippen molar-refractivity contribution in [2.75, 3.05) is 21.1 Å². The van der Waals surface area contributed by atoms with Gasteiger partial charge in [-0.2, -0.15) is 0 Å². The number of sulfonamides is 1. The molecule has 0 saturated carbocycles. The number of aromatic nitrogens is 1. The van der Waals surface area contributed by atoms with Crippen LogP contribution >= 0.6 is 0 Å². The first-order chi connectivity index (χ1) is 14.8. The Bertz CT molecular complexity index is 1170. The van der Waals surface area contributed by atoms with E-state index in [-0.39, 0.29) is 11.4 Å². The molecule has 0 aliphatic carbocycles. The number of benzene rings is 2. The number of pyridine rings is 1. The molecule has 3 rings (SSSR count). The van der Waals surface area contributed by atoms with E-state index in [1.807, 2.05) is 35.1 Å². The molecule has 2 aromatic carbocycles. The van der Waals surface area contributed by atoms with E-state index in [0.717, 1.165) is 17.8 Å². The molecule has 162 valence electrons. The summed E-state index contributed by atoms with van der Waals surface area (Å²) in [6, 6.07) is 14.2. The van der Waals surface area contributed by atoms with Gasteiger partial charge in [0.25, 0.3) is 5.91 Å². The topological polar surface area (TPSA) is 100 Å². The molecule has 1 amide bonds. The highest BCUT2D eigenvalue weighted by molar-refractivity contribution is 7.92. The predicted octanol–water partition coefficient (Wildman–Crippen LogP) is 4.51. The van der Waals surface area contributed by atoms with E-state index in [9.17, 15) is 22.0 Å². The highest BCUT2D eigenvalue weighted by Crippen LogP contribution is 2.24. The summed E-state index contributed by atoms with van der Waals surface area (Å²) in [5.41, 5.74) is -0.374. The average Bonchev–Trinajstić information content (AvgIpc) is 2.72. The third kappa shape index (κ3) is 5.76. The molecule has 0 fully saturated rings. The van der Waals surface area contributed by atoms with Gasteiger partial charge in [-0.1, -0.05) is 25.1 Å². The maximum Gasteiger partial charge on any atom is 0.261 e. The molecule has 3 N–H and O–H groups in total. The minimum absolute atomic E-state index is 0.208. The molecule has 1 aromatic heterocycles. The van der Waals surface area contributed by atoms with Gasteiger partial charge in [-0.25, -0.2) is 22.2 Å². The Hall–Kier alpha value is -3.53. The van der Waals surface area contributed by atoms with Gasteiger partial charge in [0.15, 0.2) is 5.82 Å². The molecule has 0 aliphatic rings. The third-order valence-electron chi connectivity index (χ3n) is 4.12. The normalized spacial score (nSPS) is 11.1. The number of anilines is 4. The molecule has 0 aliphatic heterocycles. The second-order valence-electron chi connectivity index (χ2n) is 6.58. The van der Waals surface area contributed by atoms with Crippen LogP contribution in [0.15, 0.2) is 60.8 Å². The van der Waals surface area contributed by atoms with Crippen LogP contribution in [-0.4, -0.2) is 25.1 Å². The first-order valence-electron chi connectivity index (χ1n) is 9.37. The van der Waals surface area contributed by atoms with E-state index in [4.69, 9.17) is 0 Å². The Morgan fingerprint density at radius 3 is 2.39 bits per heavy atom. The van der Waals surface area contributed by atoms with Crippen molar-refractivity contribution in [2.24, 2.45) is 0 Å². The van der Waals surface area contributed by atoms with Gasteiger partial charge in [0.2, 0.25) is 10.0 Å². The lowest BCUT2D eigenvalue weighted by atomic mass is 10.1. The molecule has 3 aromatic rings. The lowest BCUT2D eigenvalue weighted by Crippen LogP contribution is -2.20. The zero-order valence-electron chi connectivity index (χ0n) is 16.5. The Morgan fingerprint density at radius 2 is 1.74 bits per heavy atom. The number of carbonyl (C=O) groups is 1. The van der Waals surface area contributed by atoms with Crippen molar-refractivity contribution in [1.29, 1.82) is 0 Å². The van der Waals surface area contributed by atoms with Gasteiger partial charge in [-0.3, -0.25) is 9.52 Å². The molecule has 1 heterocycles. The molecular weight excluding hydrogens is 426 g/mol. The number of halogens is 2. The number of para-hydroxylation sites is 1. The monoisotopic (exact) mass is 446 g/mol. The number of nitrogens with one attached hydrogen (secondary N) is 3. The minimum atomic E-state index is -3.81. The van der Waals surface area contributed by atoms with Crippen molar-refractivity contribution in [1.82, 2.24) is 4.98 Å². The van der Waals surface area contributed by atoms with Crippen LogP contribution in [0.4, 0.5) is 31.7 Å². The summed E-state index contributed by atoms with van der Waals surface area (Å²) in [4.78, 5) is 16.6. The smallest absolute Gasteiger partial charge is 0.261 e. The van der Waals surface area contributed by atoms with Crippen molar-refractivity contribution >= 4 is 38.8 Å². The fourth-order valence-electron chi connectivity index (χ4n) is 2.73. The van der Waals surface area contributed by atoms with Crippen LogP contribution in [-0.2, 0) is 10.0 Å². The van der Waals surface area contributed by atoms with Gasteiger partial charge in [-0.15, -0.1) is 0 Å². The highest BCUT2D eigenvalue weighted by Gasteiger charge is 2.23. The van der Waals surface area contributed by atoms with Gasteiger partial charge < -0.3 is 10.6 Å². The van der Waals surface area contributed by atoms with Gasteiger partial charge in [0.1, 0.15) is 17.2 Å². The molecule has 7 nitrogen and oxygen atoms in total. The van der Waals surface area contributed by atoms with Crippen molar-refractivity contribution < 1.29 is 22.0 Å². The van der Waals surface area contributed by atoms with Crippen LogP contribution in [0.25, 0.3) is 0 Å². The van der Waals surface area contributed by atoms with E-state index in [2.05, 4.69) is 15.6 Å². The van der Waals surface area contributed by atoms with Crippen LogP contribution < -0.4 is 15.4 Å². The number of hydrogen-bond donors (Lipinski definition) is 3. The van der Waals surface area contributed by atoms with Crippen LogP contribution in [0, 0.1) is 11.6 Å². The molecular formula is C21H20F2N4O3S. The number of nitrogens with zero attached hydrogens (tertiary/aromatic N) is 1. The Morgan fingerprint density at radius 1 is 1.00 bits per heavy atom. The first kappa shape index (κ1) is 22.2. The molecule has 0 bridgehead atoms. The second kappa shape index (κ2) is 9.52. The standard InChI is InChI=1S/C21H20F2N4O3S/c1-2-12-31(29,30)27-17-10-9-16(22)19(20(17)23)21(28)26-15-8-11-18(24-13-15)25-14-6-4-3-5-7-14/h3-11,13,27H,2,12H2,1H3,(H,24,25)(H,26,28). The van der Waals surface area contributed by atoms with E-state index in [0.29, 0.717) is 12.2 Å². The molecule has 0 atom stereocenters. The Kier molecular flexibility index (Phi) is 6.81. The predicted molar refractivity (Wildman–Crippen MR) is 116 cm³/mol. The lowest BCUT2D eigenvalue weighted by Gasteiger charge is -2.12. The van der Waals surface area contributed by atoms with Gasteiger partial charge in [-0.05, 0) is 42.8 Å². The molecule has 10 heteroatoms. The first-order valence-corrected chi connectivity index (χ1v) is 11.0. The zero-order valence-corrected chi connectivity index (χ0v) is 17.3. The summed E-state index contributed by atoms with van der Waals surface area (Å²) in [6.45, 7) is 1.65. The van der Waals surface area contributed by atoms with Crippen molar-refractivity contribution in [3.8, 4) is 0 Å². The Labute approximate surface area is 178 Å². The third-order valence-corrected chi connectivity index (χ3v) is 5.60. The minimum Gasteiger partial charge on any atom is -0.340 e. The summed E-state index contributed by atoms with van der Waals surface area (Å²) >= 11 is 0. The summed E-state index contributed by atoms with van der Waals surface area (Å²) in [6.07, 6.45) is 1.64. The van der Waals surface area contributed by atoms with Crippen LogP contribution in [0.3, 0.4) is 0 Å². The van der Waals surface area contributed by atoms with Crippen LogP contribution in [0.5, 0.6) is 0 Å². The molecule has 0 unspecified atom stereocenters. The number of rotatable bonds is 8. The summed E-state index contributed by atoms with van der Waals surface area (Å²) < 4.78 is 54.7. The summed E-state index contributed by atoms with van der Waals surface area (Å²) in [7, 11) is -3.81. The van der Waals surface area contributed by atoms with E-state index in [1.165, 1.54) is 12.3 Å². The van der Waals surface area contributed by atoms with Gasteiger partial charge >= 0.3 is 0 Å². The van der Waals surface area contributed by atoms with Gasteiger partial charge in [0, 0.05) is 5.69 Å². The fourth-order valence-corrected chi connectivity index (χ4v) is 3.86. The molecule has 0 saturated heterocycles. The zero-order chi connectivity index (χ0) is 22.4. The van der Waals surface area contributed by atoms with Crippen molar-refractivity contribution in [3.05, 3.63) is 78.0 Å². The molecule has 0 spiro atoms. The van der Waals surface area contributed by atoms with Crippen molar-refractivity contribution in [3.63, 3.8) is 0 Å². The molecule has 31 heavy (non-hydrogen) atoms.